The van der Waals surface area contributed by atoms with Gasteiger partial charge in [-0.3, -0.25) is 0 Å². The molecule has 0 saturated carbocycles. The van der Waals surface area contributed by atoms with Gasteiger partial charge in [0.15, 0.2) is 0 Å². The summed E-state index contributed by atoms with van der Waals surface area (Å²) < 4.78 is 3.60. The Bertz CT molecular complexity index is 280. The van der Waals surface area contributed by atoms with Gasteiger partial charge in [0.2, 0.25) is 0 Å². The Morgan fingerprint density at radius 1 is 0.722 bits per heavy atom. The lowest BCUT2D eigenvalue weighted by Crippen LogP contribution is -2.54. The highest BCUT2D eigenvalue weighted by Crippen LogP contribution is 2.21. The van der Waals surface area contributed by atoms with Crippen LogP contribution >= 0.6 is 0 Å². The number of esters is 1. The summed E-state index contributed by atoms with van der Waals surface area (Å²) in [5, 5.41) is 49.0. The van der Waals surface area contributed by atoms with Crippen LogP contribution in [0.25, 0.3) is 0 Å². The summed E-state index contributed by atoms with van der Waals surface area (Å²) in [5.74, 6) is -12.4. The number of rotatable bonds is 8. The van der Waals surface area contributed by atoms with E-state index in [1.165, 1.54) is 0 Å². The first-order chi connectivity index (χ1) is 8.37. The van der Waals surface area contributed by atoms with E-state index in [0.717, 1.165) is 0 Å². The molecule has 14 nitrogen and oxygen atoms in total. The maximum Gasteiger partial charge on any atom is 0.486 e. The fourth-order valence-corrected chi connectivity index (χ4v) is 0.522. The molecular weight excluding hydrogens is 272 g/mol. The van der Waals surface area contributed by atoms with E-state index in [-0.39, 0.29) is 0 Å². The van der Waals surface area contributed by atoms with Crippen molar-refractivity contribution in [3.8, 4) is 0 Å². The van der Waals surface area contributed by atoms with Crippen molar-refractivity contribution >= 4 is 11.9 Å². The summed E-state index contributed by atoms with van der Waals surface area (Å²) in [4.78, 5) is 36.6. The number of hydrogen-bond acceptors (Lipinski definition) is 13. The lowest BCUT2D eigenvalue weighted by molar-refractivity contribution is -0.601. The first-order valence-corrected chi connectivity index (χ1v) is 3.47. The average Bonchev–Trinajstić information content (AvgIpc) is 2.38. The van der Waals surface area contributed by atoms with Crippen LogP contribution in [0.3, 0.4) is 0 Å². The zero-order chi connectivity index (χ0) is 14.4. The molecule has 0 aromatic heterocycles. The van der Waals surface area contributed by atoms with E-state index in [9.17, 15) is 9.59 Å². The molecule has 0 heterocycles. The van der Waals surface area contributed by atoms with Crippen molar-refractivity contribution in [2.75, 3.05) is 0 Å². The molecule has 106 valence electrons. The minimum atomic E-state index is -3.84. The third kappa shape index (κ3) is 2.86. The molecule has 0 atom stereocenters. The first kappa shape index (κ1) is 16.5. The summed E-state index contributed by atoms with van der Waals surface area (Å²) >= 11 is 0. The van der Waals surface area contributed by atoms with E-state index in [1.54, 1.807) is 0 Å². The highest BCUT2D eigenvalue weighted by Gasteiger charge is 2.57. The second-order valence-corrected chi connectivity index (χ2v) is 2.26. The summed E-state index contributed by atoms with van der Waals surface area (Å²) in [6.45, 7) is 0. The minimum absolute atomic E-state index is 2.36. The number of carbonyl (C=O) groups is 2. The predicted molar refractivity (Wildman–Crippen MR) is 37.8 cm³/mol. The van der Waals surface area contributed by atoms with Gasteiger partial charge in [-0.15, -0.1) is 9.78 Å². The fourth-order valence-electron chi connectivity index (χ4n) is 0.522. The Kier molecular flexibility index (Phi) is 5.94. The average molecular weight is 278 g/mol. The SMILES string of the molecule is O=C(O)C(OO)(OO)OC(=O)C(OO)(OO)OO. The largest absolute Gasteiger partial charge is 0.486 e. The topological polar surface area (TPSA) is 211 Å². The van der Waals surface area contributed by atoms with Gasteiger partial charge in [0.25, 0.3) is 0 Å². The number of aliphatic carboxylic acids is 1. The number of carboxylic acids is 1. The molecule has 0 aliphatic rings. The van der Waals surface area contributed by atoms with Crippen molar-refractivity contribution in [2.45, 2.75) is 11.9 Å². The monoisotopic (exact) mass is 278 g/mol. The summed E-state index contributed by atoms with van der Waals surface area (Å²) in [7, 11) is 0. The molecule has 0 aliphatic carbocycles. The second kappa shape index (κ2) is 6.47. The molecule has 0 fully saturated rings. The fraction of sp³-hybridized carbons (Fsp3) is 0.500. The van der Waals surface area contributed by atoms with Gasteiger partial charge in [-0.2, -0.15) is 14.7 Å². The van der Waals surface area contributed by atoms with Crippen LogP contribution in [0.5, 0.6) is 0 Å². The van der Waals surface area contributed by atoms with Gasteiger partial charge in [0.1, 0.15) is 0 Å². The maximum absolute atomic E-state index is 11.1. The summed E-state index contributed by atoms with van der Waals surface area (Å²) in [5.41, 5.74) is 0. The molecule has 18 heavy (non-hydrogen) atoms. The van der Waals surface area contributed by atoms with Crippen LogP contribution in [0, 0.1) is 0 Å². The van der Waals surface area contributed by atoms with E-state index in [4.69, 9.17) is 31.4 Å². The van der Waals surface area contributed by atoms with Gasteiger partial charge in [-0.1, -0.05) is 0 Å². The molecule has 0 radical (unpaired) electrons. The third-order valence-corrected chi connectivity index (χ3v) is 1.34. The zero-order valence-corrected chi connectivity index (χ0v) is 7.95. The van der Waals surface area contributed by atoms with Gasteiger partial charge in [0, 0.05) is 0 Å². The standard InChI is InChI=1S/C4H6O14/c5-1(6)3(14-8,15-9)13-2(7)4(16-10,17-11)18-12/h8-12H,(H,5,6). The normalized spacial score (nSPS) is 12.3. The molecule has 0 aromatic carbocycles. The molecule has 6 N–H and O–H groups in total. The lowest BCUT2D eigenvalue weighted by Gasteiger charge is -2.25. The molecule has 0 rings (SSSR count). The van der Waals surface area contributed by atoms with Crippen molar-refractivity contribution in [1.29, 1.82) is 0 Å². The van der Waals surface area contributed by atoms with E-state index in [2.05, 4.69) is 29.2 Å². The molecule has 0 bridgehead atoms. The lowest BCUT2D eigenvalue weighted by atomic mass is 10.5. The Balaban J connectivity index is 5.17. The molecule has 0 unspecified atom stereocenters. The van der Waals surface area contributed by atoms with Crippen molar-refractivity contribution in [3.05, 3.63) is 0 Å². The number of hydrogen-bond donors (Lipinski definition) is 6. The molecule has 0 spiro atoms. The number of carbonyl (C=O) groups excluding carboxylic acids is 1. The third-order valence-electron chi connectivity index (χ3n) is 1.34. The van der Waals surface area contributed by atoms with E-state index < -0.39 is 23.9 Å². The first-order valence-electron chi connectivity index (χ1n) is 3.47. The van der Waals surface area contributed by atoms with E-state index in [1.807, 2.05) is 0 Å². The van der Waals surface area contributed by atoms with Gasteiger partial charge in [-0.05, 0) is 0 Å². The van der Waals surface area contributed by atoms with Crippen molar-refractivity contribution < 1.29 is 70.2 Å². The smallest absolute Gasteiger partial charge is 0.474 e. The van der Waals surface area contributed by atoms with Gasteiger partial charge in [0.05, 0.1) is 0 Å². The molecule has 0 aromatic rings. The molecule has 0 amide bonds. The van der Waals surface area contributed by atoms with Crippen LogP contribution in [-0.2, 0) is 38.8 Å². The Hall–Kier alpha value is -1.46. The van der Waals surface area contributed by atoms with Gasteiger partial charge in [-0.25, -0.2) is 35.9 Å². The number of carboxylic acid groups (broad SMARTS) is 1. The molecule has 0 aliphatic heterocycles. The summed E-state index contributed by atoms with van der Waals surface area (Å²) in [6.07, 6.45) is 0. The van der Waals surface area contributed by atoms with Crippen LogP contribution in [0.2, 0.25) is 0 Å². The van der Waals surface area contributed by atoms with Crippen molar-refractivity contribution in [1.82, 2.24) is 0 Å². The molecule has 14 heteroatoms. The van der Waals surface area contributed by atoms with Crippen LogP contribution in [-0.4, -0.2) is 55.3 Å². The van der Waals surface area contributed by atoms with E-state index >= 15 is 0 Å². The zero-order valence-electron chi connectivity index (χ0n) is 7.95. The van der Waals surface area contributed by atoms with Crippen LogP contribution in [0.4, 0.5) is 0 Å². The second-order valence-electron chi connectivity index (χ2n) is 2.26. The maximum atomic E-state index is 11.1. The Morgan fingerprint density at radius 3 is 1.28 bits per heavy atom. The predicted octanol–water partition coefficient (Wildman–Crippen LogP) is -1.63. The molecular formula is C4H6O14. The van der Waals surface area contributed by atoms with Gasteiger partial charge >= 0.3 is 23.9 Å². The van der Waals surface area contributed by atoms with Crippen LogP contribution in [0.15, 0.2) is 0 Å². The van der Waals surface area contributed by atoms with Crippen LogP contribution in [0.1, 0.15) is 0 Å². The van der Waals surface area contributed by atoms with Crippen molar-refractivity contribution in [2.24, 2.45) is 0 Å². The van der Waals surface area contributed by atoms with Crippen molar-refractivity contribution in [3.63, 3.8) is 0 Å². The van der Waals surface area contributed by atoms with Crippen LogP contribution < -0.4 is 0 Å². The number of ether oxygens (including phenoxy) is 1. The quantitative estimate of drug-likeness (QED) is 0.127. The highest BCUT2D eigenvalue weighted by molar-refractivity contribution is 5.81. The summed E-state index contributed by atoms with van der Waals surface area (Å²) in [6, 6.07) is 0. The highest BCUT2D eigenvalue weighted by atomic mass is 17.3. The Labute approximate surface area is 95.3 Å². The Morgan fingerprint density at radius 2 is 1.06 bits per heavy atom. The molecule has 0 saturated heterocycles. The van der Waals surface area contributed by atoms with E-state index in [0.29, 0.717) is 0 Å². The minimum Gasteiger partial charge on any atom is -0.474 e. The van der Waals surface area contributed by atoms with Gasteiger partial charge < -0.3 is 9.84 Å².